The minimum absolute atomic E-state index is 0. The van der Waals surface area contributed by atoms with Crippen LogP contribution in [0.4, 0.5) is 0 Å². The number of nitrogens with two attached hydrogens (primary N) is 1. The van der Waals surface area contributed by atoms with Gasteiger partial charge in [-0.25, -0.2) is 13.1 Å². The van der Waals surface area contributed by atoms with Crippen molar-refractivity contribution >= 4 is 28.3 Å². The predicted octanol–water partition coefficient (Wildman–Crippen LogP) is 1.60. The minimum Gasteiger partial charge on any atom is -0.338 e. The highest BCUT2D eigenvalue weighted by atomic mass is 35.5. The van der Waals surface area contributed by atoms with E-state index in [1.165, 1.54) is 29.2 Å². The zero-order valence-electron chi connectivity index (χ0n) is 14.2. The molecular formula is C15H26ClN3O3S. The molecule has 0 aromatic heterocycles. The van der Waals surface area contributed by atoms with Crippen LogP contribution in [0.2, 0.25) is 0 Å². The molecule has 0 bridgehead atoms. The standard InChI is InChI=1S/C15H25N3O3S.ClH/c1-11(10-16)18(5)14(19)12-6-8-13(9-7-12)22(20,21)17-15(2,3)4;/h6-9,11,17H,10,16H2,1-5H3;1H. The fourth-order valence-electron chi connectivity index (χ4n) is 1.80. The van der Waals surface area contributed by atoms with Crippen molar-refractivity contribution < 1.29 is 13.2 Å². The Morgan fingerprint density at radius 3 is 2.13 bits per heavy atom. The summed E-state index contributed by atoms with van der Waals surface area (Å²) in [5, 5.41) is 0. The molecule has 1 aromatic carbocycles. The molecule has 0 radical (unpaired) electrons. The second-order valence-electron chi connectivity index (χ2n) is 6.38. The van der Waals surface area contributed by atoms with Crippen LogP contribution in [0.25, 0.3) is 0 Å². The van der Waals surface area contributed by atoms with E-state index in [1.54, 1.807) is 27.8 Å². The largest absolute Gasteiger partial charge is 0.338 e. The molecule has 1 unspecified atom stereocenters. The van der Waals surface area contributed by atoms with Gasteiger partial charge in [-0.1, -0.05) is 0 Å². The molecule has 1 rings (SSSR count). The van der Waals surface area contributed by atoms with Crippen molar-refractivity contribution in [2.24, 2.45) is 5.73 Å². The number of nitrogens with zero attached hydrogens (tertiary/aromatic N) is 1. The maximum Gasteiger partial charge on any atom is 0.253 e. The lowest BCUT2D eigenvalue weighted by molar-refractivity contribution is 0.0748. The fourth-order valence-corrected chi connectivity index (χ4v) is 3.22. The highest BCUT2D eigenvalue weighted by molar-refractivity contribution is 7.89. The molecule has 3 N–H and O–H groups in total. The SMILES string of the molecule is CC(CN)N(C)C(=O)c1ccc(S(=O)(=O)NC(C)(C)C)cc1.Cl. The Morgan fingerprint density at radius 1 is 1.26 bits per heavy atom. The number of benzene rings is 1. The van der Waals surface area contributed by atoms with Gasteiger partial charge in [-0.3, -0.25) is 4.79 Å². The van der Waals surface area contributed by atoms with Crippen LogP contribution < -0.4 is 10.5 Å². The Balaban J connectivity index is 0.00000484. The average Bonchev–Trinajstić information content (AvgIpc) is 2.42. The molecule has 1 aromatic rings. The van der Waals surface area contributed by atoms with Crippen LogP contribution in [0, 0.1) is 0 Å². The van der Waals surface area contributed by atoms with Crippen molar-refractivity contribution in [3.63, 3.8) is 0 Å². The number of sulfonamides is 1. The number of halogens is 1. The van der Waals surface area contributed by atoms with Gasteiger partial charge in [0.25, 0.3) is 5.91 Å². The highest BCUT2D eigenvalue weighted by Crippen LogP contribution is 2.15. The van der Waals surface area contributed by atoms with Crippen LogP contribution in [0.15, 0.2) is 29.2 Å². The number of nitrogens with one attached hydrogen (secondary N) is 1. The summed E-state index contributed by atoms with van der Waals surface area (Å²) in [6.07, 6.45) is 0. The zero-order chi connectivity index (χ0) is 17.1. The summed E-state index contributed by atoms with van der Waals surface area (Å²) in [7, 11) is -1.92. The molecule has 0 heterocycles. The topological polar surface area (TPSA) is 92.5 Å². The third-order valence-corrected chi connectivity index (χ3v) is 4.95. The molecule has 132 valence electrons. The lowest BCUT2D eigenvalue weighted by Crippen LogP contribution is -2.40. The van der Waals surface area contributed by atoms with Crippen LogP contribution in [0.1, 0.15) is 38.1 Å². The zero-order valence-corrected chi connectivity index (χ0v) is 15.8. The summed E-state index contributed by atoms with van der Waals surface area (Å²) in [5.74, 6) is -0.189. The molecule has 6 nitrogen and oxygen atoms in total. The van der Waals surface area contributed by atoms with Gasteiger partial charge in [0.2, 0.25) is 10.0 Å². The predicted molar refractivity (Wildman–Crippen MR) is 94.4 cm³/mol. The number of rotatable bonds is 5. The van der Waals surface area contributed by atoms with Gasteiger partial charge in [0.05, 0.1) is 4.90 Å². The Hall–Kier alpha value is -1.15. The lowest BCUT2D eigenvalue weighted by atomic mass is 10.1. The molecule has 23 heavy (non-hydrogen) atoms. The van der Waals surface area contributed by atoms with E-state index in [-0.39, 0.29) is 29.3 Å². The van der Waals surface area contributed by atoms with Gasteiger partial charge in [-0.15, -0.1) is 12.4 Å². The molecule has 0 spiro atoms. The maximum absolute atomic E-state index is 12.2. The summed E-state index contributed by atoms with van der Waals surface area (Å²) in [6.45, 7) is 7.52. The summed E-state index contributed by atoms with van der Waals surface area (Å²) in [5.41, 5.74) is 5.41. The second-order valence-corrected chi connectivity index (χ2v) is 8.06. The number of carbonyl (C=O) groups excluding carboxylic acids is 1. The summed E-state index contributed by atoms with van der Waals surface area (Å²) >= 11 is 0. The monoisotopic (exact) mass is 363 g/mol. The van der Waals surface area contributed by atoms with E-state index in [2.05, 4.69) is 4.72 Å². The minimum atomic E-state index is -3.60. The van der Waals surface area contributed by atoms with Crippen molar-refractivity contribution in [1.29, 1.82) is 0 Å². The smallest absolute Gasteiger partial charge is 0.253 e. The van der Waals surface area contributed by atoms with Crippen molar-refractivity contribution in [1.82, 2.24) is 9.62 Å². The van der Waals surface area contributed by atoms with Crippen LogP contribution in [0.3, 0.4) is 0 Å². The van der Waals surface area contributed by atoms with E-state index in [0.29, 0.717) is 12.1 Å². The fraction of sp³-hybridized carbons (Fsp3) is 0.533. The lowest BCUT2D eigenvalue weighted by Gasteiger charge is -2.24. The Kier molecular flexibility index (Phi) is 7.69. The van der Waals surface area contributed by atoms with Gasteiger partial charge in [0, 0.05) is 30.7 Å². The quantitative estimate of drug-likeness (QED) is 0.831. The Bertz CT molecular complexity index is 624. The molecule has 1 atom stereocenters. The van der Waals surface area contributed by atoms with E-state index >= 15 is 0 Å². The second kappa shape index (κ2) is 8.10. The van der Waals surface area contributed by atoms with Crippen molar-refractivity contribution in [3.8, 4) is 0 Å². The van der Waals surface area contributed by atoms with Gasteiger partial charge in [-0.05, 0) is 52.0 Å². The molecule has 0 saturated carbocycles. The third-order valence-electron chi connectivity index (χ3n) is 3.17. The third kappa shape index (κ3) is 6.10. The summed E-state index contributed by atoms with van der Waals surface area (Å²) in [6, 6.07) is 5.81. The molecular weight excluding hydrogens is 338 g/mol. The number of hydrogen-bond donors (Lipinski definition) is 2. The van der Waals surface area contributed by atoms with E-state index in [4.69, 9.17) is 5.73 Å². The van der Waals surface area contributed by atoms with Crippen LogP contribution in [0.5, 0.6) is 0 Å². The van der Waals surface area contributed by atoms with Gasteiger partial charge < -0.3 is 10.6 Å². The van der Waals surface area contributed by atoms with E-state index in [0.717, 1.165) is 0 Å². The molecule has 0 fully saturated rings. The van der Waals surface area contributed by atoms with Crippen LogP contribution in [-0.2, 0) is 10.0 Å². The van der Waals surface area contributed by atoms with Gasteiger partial charge in [0.1, 0.15) is 0 Å². The Morgan fingerprint density at radius 2 is 1.74 bits per heavy atom. The molecule has 0 aliphatic rings. The van der Waals surface area contributed by atoms with Gasteiger partial charge in [-0.2, -0.15) is 0 Å². The highest BCUT2D eigenvalue weighted by Gasteiger charge is 2.23. The molecule has 0 saturated heterocycles. The first-order valence-electron chi connectivity index (χ1n) is 7.09. The molecule has 8 heteroatoms. The first-order chi connectivity index (χ1) is 9.98. The first kappa shape index (κ1) is 21.9. The van der Waals surface area contributed by atoms with E-state index < -0.39 is 15.6 Å². The van der Waals surface area contributed by atoms with Crippen molar-refractivity contribution in [2.75, 3.05) is 13.6 Å². The summed E-state index contributed by atoms with van der Waals surface area (Å²) < 4.78 is 27.0. The van der Waals surface area contributed by atoms with E-state index in [1.807, 2.05) is 6.92 Å². The van der Waals surface area contributed by atoms with E-state index in [9.17, 15) is 13.2 Å². The maximum atomic E-state index is 12.2. The number of likely N-dealkylation sites (N-methyl/N-ethyl adjacent to an activating group) is 1. The number of hydrogen-bond acceptors (Lipinski definition) is 4. The first-order valence-corrected chi connectivity index (χ1v) is 8.57. The van der Waals surface area contributed by atoms with Crippen molar-refractivity contribution in [3.05, 3.63) is 29.8 Å². The number of amides is 1. The van der Waals surface area contributed by atoms with Crippen LogP contribution in [-0.4, -0.2) is 44.4 Å². The van der Waals surface area contributed by atoms with Crippen LogP contribution >= 0.6 is 12.4 Å². The van der Waals surface area contributed by atoms with Gasteiger partial charge in [0.15, 0.2) is 0 Å². The molecule has 0 aliphatic carbocycles. The Labute approximate surface area is 144 Å². The normalized spacial score (nSPS) is 13.1. The molecule has 1 amide bonds. The number of carbonyl (C=O) groups is 1. The van der Waals surface area contributed by atoms with Gasteiger partial charge >= 0.3 is 0 Å². The summed E-state index contributed by atoms with van der Waals surface area (Å²) in [4.78, 5) is 13.9. The molecule has 0 aliphatic heterocycles. The average molecular weight is 364 g/mol. The van der Waals surface area contributed by atoms with Crippen molar-refractivity contribution in [2.45, 2.75) is 44.2 Å².